The lowest BCUT2D eigenvalue weighted by atomic mass is 9.31. The van der Waals surface area contributed by atoms with Gasteiger partial charge in [-0.1, -0.05) is 11.8 Å². The lowest BCUT2D eigenvalue weighted by Gasteiger charge is -2.73. The monoisotopic (exact) mass is 318 g/mol. The quantitative estimate of drug-likeness (QED) is 0.566. The lowest BCUT2D eigenvalue weighted by molar-refractivity contribution is -0.220. The van der Waals surface area contributed by atoms with Gasteiger partial charge in [-0.05, 0) is 112 Å². The van der Waals surface area contributed by atoms with Gasteiger partial charge in [0.25, 0.3) is 0 Å². The predicted octanol–water partition coefficient (Wildman–Crippen LogP) is 5.43. The Kier molecular flexibility index (Phi) is 2.44. The summed E-state index contributed by atoms with van der Waals surface area (Å²) in [4.78, 5) is 0. The van der Waals surface area contributed by atoms with Crippen molar-refractivity contribution in [2.75, 3.05) is 0 Å². The number of terminal acetylenes is 2. The Morgan fingerprint density at radius 3 is 1.17 bits per heavy atom. The molecule has 8 aliphatic rings. The van der Waals surface area contributed by atoms with Crippen molar-refractivity contribution in [3.63, 3.8) is 0 Å². The topological polar surface area (TPSA) is 0 Å². The standard InChI is InChI=1S/C24H30/c1-3-21-7-17-5-18(8-21)12-23(11-17,15-21)24-13-19-6-20(14-24)10-22(4-2,9-19)16-24/h1-2,17-20H,5-16H2. The average Bonchev–Trinajstić information content (AvgIpc) is 2.52. The molecule has 0 saturated heterocycles. The van der Waals surface area contributed by atoms with Crippen LogP contribution in [0.4, 0.5) is 0 Å². The maximum Gasteiger partial charge on any atom is 0.0322 e. The second-order valence-corrected chi connectivity index (χ2v) is 11.3. The van der Waals surface area contributed by atoms with Crippen molar-refractivity contribution in [2.45, 2.75) is 77.0 Å². The summed E-state index contributed by atoms with van der Waals surface area (Å²) in [5, 5.41) is 0. The van der Waals surface area contributed by atoms with Gasteiger partial charge in [-0.3, -0.25) is 0 Å². The molecule has 8 fully saturated rings. The summed E-state index contributed by atoms with van der Waals surface area (Å²) in [6.45, 7) is 0. The van der Waals surface area contributed by atoms with Crippen molar-refractivity contribution >= 4 is 0 Å². The van der Waals surface area contributed by atoms with Crippen LogP contribution in [0.1, 0.15) is 77.0 Å². The molecule has 24 heavy (non-hydrogen) atoms. The van der Waals surface area contributed by atoms with Gasteiger partial charge in [-0.25, -0.2) is 0 Å². The van der Waals surface area contributed by atoms with E-state index >= 15 is 0 Å². The first kappa shape index (κ1) is 14.3. The van der Waals surface area contributed by atoms with Crippen molar-refractivity contribution in [1.29, 1.82) is 0 Å². The van der Waals surface area contributed by atoms with Crippen molar-refractivity contribution in [1.82, 2.24) is 0 Å². The van der Waals surface area contributed by atoms with Gasteiger partial charge in [0, 0.05) is 10.8 Å². The van der Waals surface area contributed by atoms with E-state index in [0.717, 1.165) is 23.7 Å². The van der Waals surface area contributed by atoms with Gasteiger partial charge < -0.3 is 0 Å². The molecular formula is C24H30. The van der Waals surface area contributed by atoms with Crippen LogP contribution >= 0.6 is 0 Å². The molecule has 8 bridgehead atoms. The summed E-state index contributed by atoms with van der Waals surface area (Å²) in [7, 11) is 0. The largest absolute Gasteiger partial charge is 0.120 e. The van der Waals surface area contributed by atoms with Gasteiger partial charge in [0.1, 0.15) is 0 Å². The van der Waals surface area contributed by atoms with Gasteiger partial charge >= 0.3 is 0 Å². The van der Waals surface area contributed by atoms with Crippen molar-refractivity contribution in [2.24, 2.45) is 45.3 Å². The third-order valence-corrected chi connectivity index (χ3v) is 9.86. The van der Waals surface area contributed by atoms with E-state index in [9.17, 15) is 0 Å². The van der Waals surface area contributed by atoms with Crippen LogP contribution in [0.5, 0.6) is 0 Å². The first-order valence-electron chi connectivity index (χ1n) is 10.5. The highest BCUT2D eigenvalue weighted by molar-refractivity contribution is 5.26. The molecule has 0 aromatic heterocycles. The van der Waals surface area contributed by atoms with E-state index in [1.54, 1.807) is 0 Å². The van der Waals surface area contributed by atoms with E-state index in [0.29, 0.717) is 10.8 Å². The van der Waals surface area contributed by atoms with E-state index in [4.69, 9.17) is 12.8 Å². The molecule has 8 rings (SSSR count). The van der Waals surface area contributed by atoms with Crippen LogP contribution < -0.4 is 0 Å². The maximum atomic E-state index is 6.15. The highest BCUT2D eigenvalue weighted by atomic mass is 14.7. The molecule has 0 radical (unpaired) electrons. The molecule has 0 aliphatic heterocycles. The second-order valence-electron chi connectivity index (χ2n) is 11.3. The number of rotatable bonds is 1. The Morgan fingerprint density at radius 1 is 0.542 bits per heavy atom. The van der Waals surface area contributed by atoms with Crippen LogP contribution in [-0.2, 0) is 0 Å². The van der Waals surface area contributed by atoms with Crippen LogP contribution in [-0.4, -0.2) is 0 Å². The Hall–Kier alpha value is -0.880. The third kappa shape index (κ3) is 1.56. The zero-order valence-corrected chi connectivity index (χ0v) is 14.9. The van der Waals surface area contributed by atoms with Crippen LogP contribution in [0.3, 0.4) is 0 Å². The zero-order chi connectivity index (χ0) is 16.2. The van der Waals surface area contributed by atoms with Gasteiger partial charge in [0.2, 0.25) is 0 Å². The van der Waals surface area contributed by atoms with Crippen LogP contribution in [0.2, 0.25) is 0 Å². The Labute approximate surface area is 147 Å². The minimum absolute atomic E-state index is 0.261. The molecule has 0 N–H and O–H groups in total. The van der Waals surface area contributed by atoms with Crippen LogP contribution in [0.25, 0.3) is 0 Å². The molecule has 8 aliphatic carbocycles. The molecule has 8 saturated carbocycles. The minimum Gasteiger partial charge on any atom is -0.120 e. The molecule has 0 amide bonds. The smallest absolute Gasteiger partial charge is 0.0322 e. The summed E-state index contributed by atoms with van der Waals surface area (Å²) in [5.41, 5.74) is 1.64. The molecule has 0 aromatic carbocycles. The summed E-state index contributed by atoms with van der Waals surface area (Å²) < 4.78 is 0. The molecule has 4 atom stereocenters. The maximum absolute atomic E-state index is 6.15. The second kappa shape index (κ2) is 4.09. The van der Waals surface area contributed by atoms with E-state index in [1.807, 2.05) is 0 Å². The number of hydrogen-bond acceptors (Lipinski definition) is 0. The fraction of sp³-hybridized carbons (Fsp3) is 0.833. The molecule has 0 heteroatoms. The molecule has 126 valence electrons. The summed E-state index contributed by atoms with van der Waals surface area (Å²) in [6, 6.07) is 0. The highest BCUT2D eigenvalue weighted by Crippen LogP contribution is 2.78. The molecule has 0 spiro atoms. The first-order valence-corrected chi connectivity index (χ1v) is 10.5. The van der Waals surface area contributed by atoms with Gasteiger partial charge in [0.15, 0.2) is 0 Å². The normalized spacial score (nSPS) is 62.4. The van der Waals surface area contributed by atoms with Gasteiger partial charge in [-0.2, -0.15) is 0 Å². The van der Waals surface area contributed by atoms with Crippen LogP contribution in [0, 0.1) is 70.0 Å². The summed E-state index contributed by atoms with van der Waals surface area (Å²) in [6.07, 6.45) is 29.3. The highest BCUT2D eigenvalue weighted by Gasteiger charge is 2.69. The van der Waals surface area contributed by atoms with E-state index in [2.05, 4.69) is 11.8 Å². The predicted molar refractivity (Wildman–Crippen MR) is 96.8 cm³/mol. The molecule has 0 nitrogen and oxygen atoms in total. The molecule has 4 unspecified atom stereocenters. The first-order chi connectivity index (χ1) is 11.5. The van der Waals surface area contributed by atoms with E-state index < -0.39 is 0 Å². The fourth-order valence-corrected chi connectivity index (χ4v) is 10.1. The van der Waals surface area contributed by atoms with Gasteiger partial charge in [-0.15, -0.1) is 12.8 Å². The van der Waals surface area contributed by atoms with E-state index in [-0.39, 0.29) is 10.8 Å². The average molecular weight is 319 g/mol. The molecule has 0 aromatic rings. The molecular weight excluding hydrogens is 288 g/mol. The Balaban J connectivity index is 1.47. The minimum atomic E-state index is 0.261. The van der Waals surface area contributed by atoms with E-state index in [1.165, 1.54) is 77.0 Å². The van der Waals surface area contributed by atoms with Gasteiger partial charge in [0.05, 0.1) is 0 Å². The zero-order valence-electron chi connectivity index (χ0n) is 14.9. The Morgan fingerprint density at radius 2 is 0.875 bits per heavy atom. The fourth-order valence-electron chi connectivity index (χ4n) is 10.1. The SMILES string of the molecule is C#CC12CC3CC(C1)CC(C14CC5CC(CC(C#C)(C5)C1)C4)(C3)C2. The number of hydrogen-bond donors (Lipinski definition) is 0. The van der Waals surface area contributed by atoms with Crippen molar-refractivity contribution < 1.29 is 0 Å². The third-order valence-electron chi connectivity index (χ3n) is 9.86. The Bertz CT molecular complexity index is 594. The summed E-state index contributed by atoms with van der Waals surface area (Å²) in [5.74, 6) is 10.4. The lowest BCUT2D eigenvalue weighted by Crippen LogP contribution is -2.64. The van der Waals surface area contributed by atoms with Crippen LogP contribution in [0.15, 0.2) is 0 Å². The molecule has 0 heterocycles. The van der Waals surface area contributed by atoms with Crippen molar-refractivity contribution in [3.8, 4) is 24.7 Å². The summed E-state index contributed by atoms with van der Waals surface area (Å²) >= 11 is 0. The van der Waals surface area contributed by atoms with Crippen molar-refractivity contribution in [3.05, 3.63) is 0 Å².